The van der Waals surface area contributed by atoms with Crippen molar-refractivity contribution >= 4 is 17.6 Å². The molecule has 11 heteroatoms. The van der Waals surface area contributed by atoms with Crippen molar-refractivity contribution in [2.45, 2.75) is 25.9 Å². The second kappa shape index (κ2) is 7.75. The number of hydrogen-bond acceptors (Lipinski definition) is 7. The van der Waals surface area contributed by atoms with Gasteiger partial charge in [0.05, 0.1) is 0 Å². The van der Waals surface area contributed by atoms with Crippen LogP contribution in [0.25, 0.3) is 0 Å². The quantitative estimate of drug-likeness (QED) is 0.720. The zero-order valence-corrected chi connectivity index (χ0v) is 15.8. The van der Waals surface area contributed by atoms with Gasteiger partial charge in [0.25, 0.3) is 5.56 Å². The van der Waals surface area contributed by atoms with Crippen molar-refractivity contribution in [2.75, 3.05) is 18.5 Å². The molecular weight excluding hydrogens is 394 g/mol. The van der Waals surface area contributed by atoms with Gasteiger partial charge in [-0.05, 0) is 25.0 Å². The zero-order chi connectivity index (χ0) is 21.3. The van der Waals surface area contributed by atoms with Crippen LogP contribution in [0.2, 0.25) is 0 Å². The van der Waals surface area contributed by atoms with E-state index in [9.17, 15) is 24.4 Å². The summed E-state index contributed by atoms with van der Waals surface area (Å²) in [5.74, 6) is 0.145. The molecule has 3 amide bonds. The maximum Gasteiger partial charge on any atom is 0.331 e. The fourth-order valence-corrected chi connectivity index (χ4v) is 3.48. The number of ether oxygens (including phenoxy) is 2. The van der Waals surface area contributed by atoms with Crippen molar-refractivity contribution in [2.24, 2.45) is 0 Å². The van der Waals surface area contributed by atoms with Crippen LogP contribution in [-0.4, -0.2) is 34.3 Å². The standard InChI is InChI=1S/C19H17N5O6/c20-9-12-13-2-1-5-23(13)19(28)24(17(12)26)10-16(25)22-18(27)21-11-3-4-14-15(8-11)30-7-6-29-14/h3-4,8H,1-2,5-7,10H2,(H2,21,22,25,27). The summed E-state index contributed by atoms with van der Waals surface area (Å²) in [4.78, 5) is 49.3. The van der Waals surface area contributed by atoms with E-state index >= 15 is 0 Å². The molecule has 0 bridgehead atoms. The summed E-state index contributed by atoms with van der Waals surface area (Å²) in [5.41, 5.74) is -0.904. The topological polar surface area (TPSA) is 144 Å². The molecule has 2 aromatic rings. The van der Waals surface area contributed by atoms with Gasteiger partial charge in [0, 0.05) is 24.0 Å². The first-order valence-electron chi connectivity index (χ1n) is 9.25. The molecule has 0 fully saturated rings. The third-order valence-corrected chi connectivity index (χ3v) is 4.80. The third-order valence-electron chi connectivity index (χ3n) is 4.80. The summed E-state index contributed by atoms with van der Waals surface area (Å²) in [5, 5.41) is 13.8. The number of carbonyl (C=O) groups is 2. The Morgan fingerprint density at radius 3 is 2.70 bits per heavy atom. The van der Waals surface area contributed by atoms with Crippen molar-refractivity contribution in [3.8, 4) is 17.6 Å². The van der Waals surface area contributed by atoms with E-state index in [4.69, 9.17) is 9.47 Å². The van der Waals surface area contributed by atoms with Crippen LogP contribution in [0.4, 0.5) is 10.5 Å². The number of nitrogens with one attached hydrogen (secondary N) is 2. The molecule has 30 heavy (non-hydrogen) atoms. The smallest absolute Gasteiger partial charge is 0.331 e. The summed E-state index contributed by atoms with van der Waals surface area (Å²) < 4.78 is 12.8. The monoisotopic (exact) mass is 411 g/mol. The van der Waals surface area contributed by atoms with Gasteiger partial charge in [-0.2, -0.15) is 5.26 Å². The Balaban J connectivity index is 1.47. The number of anilines is 1. The number of nitriles is 1. The van der Waals surface area contributed by atoms with E-state index in [0.717, 1.165) is 0 Å². The molecule has 0 spiro atoms. The first-order chi connectivity index (χ1) is 14.5. The molecule has 0 aliphatic carbocycles. The van der Waals surface area contributed by atoms with Crippen LogP contribution >= 0.6 is 0 Å². The molecule has 0 saturated carbocycles. The molecule has 154 valence electrons. The van der Waals surface area contributed by atoms with Gasteiger partial charge in [0.15, 0.2) is 11.5 Å². The first-order valence-corrected chi connectivity index (χ1v) is 9.25. The van der Waals surface area contributed by atoms with Gasteiger partial charge < -0.3 is 14.8 Å². The van der Waals surface area contributed by atoms with Crippen LogP contribution in [0.5, 0.6) is 11.5 Å². The molecule has 1 aromatic heterocycles. The largest absolute Gasteiger partial charge is 0.486 e. The summed E-state index contributed by atoms with van der Waals surface area (Å²) in [7, 11) is 0. The lowest BCUT2D eigenvalue weighted by atomic mass is 10.2. The van der Waals surface area contributed by atoms with E-state index in [-0.39, 0.29) is 5.56 Å². The van der Waals surface area contributed by atoms with Crippen LogP contribution in [-0.2, 0) is 24.3 Å². The van der Waals surface area contributed by atoms with Gasteiger partial charge in [-0.1, -0.05) is 0 Å². The highest BCUT2D eigenvalue weighted by Gasteiger charge is 2.24. The number of benzene rings is 1. The van der Waals surface area contributed by atoms with Crippen molar-refractivity contribution in [3.63, 3.8) is 0 Å². The second-order valence-corrected chi connectivity index (χ2v) is 6.72. The van der Waals surface area contributed by atoms with Crippen LogP contribution in [0.3, 0.4) is 0 Å². The zero-order valence-electron chi connectivity index (χ0n) is 15.8. The number of fused-ring (bicyclic) bond motifs is 2. The Labute approximate surface area is 169 Å². The normalized spacial score (nSPS) is 13.8. The molecule has 3 heterocycles. The minimum atomic E-state index is -0.869. The lowest BCUT2D eigenvalue weighted by molar-refractivity contribution is -0.120. The van der Waals surface area contributed by atoms with Gasteiger partial charge in [-0.15, -0.1) is 0 Å². The van der Waals surface area contributed by atoms with E-state index in [1.54, 1.807) is 18.2 Å². The van der Waals surface area contributed by atoms with E-state index in [2.05, 4.69) is 10.6 Å². The van der Waals surface area contributed by atoms with Crippen molar-refractivity contribution in [1.82, 2.24) is 14.5 Å². The fraction of sp³-hybridized carbons (Fsp3) is 0.316. The highest BCUT2D eigenvalue weighted by atomic mass is 16.6. The number of carbonyl (C=O) groups excluding carboxylic acids is 2. The number of hydrogen-bond donors (Lipinski definition) is 2. The lowest BCUT2D eigenvalue weighted by Gasteiger charge is -2.19. The molecule has 2 N–H and O–H groups in total. The highest BCUT2D eigenvalue weighted by molar-refractivity contribution is 6.01. The molecule has 2 aliphatic rings. The van der Waals surface area contributed by atoms with Crippen LogP contribution in [0.1, 0.15) is 17.7 Å². The van der Waals surface area contributed by atoms with Crippen molar-refractivity contribution in [3.05, 3.63) is 50.3 Å². The van der Waals surface area contributed by atoms with Gasteiger partial charge in [-0.25, -0.2) is 14.2 Å². The van der Waals surface area contributed by atoms with Crippen LogP contribution in [0.15, 0.2) is 27.8 Å². The summed E-state index contributed by atoms with van der Waals surface area (Å²) in [6, 6.07) is 5.72. The van der Waals surface area contributed by atoms with Crippen molar-refractivity contribution in [1.29, 1.82) is 5.26 Å². The average molecular weight is 411 g/mol. The van der Waals surface area contributed by atoms with E-state index < -0.39 is 29.7 Å². The predicted molar refractivity (Wildman–Crippen MR) is 103 cm³/mol. The molecule has 0 saturated heterocycles. The average Bonchev–Trinajstić information content (AvgIpc) is 3.21. The highest BCUT2D eigenvalue weighted by Crippen LogP contribution is 2.32. The number of urea groups is 1. The Kier molecular flexibility index (Phi) is 4.97. The van der Waals surface area contributed by atoms with Gasteiger partial charge >= 0.3 is 11.7 Å². The third kappa shape index (κ3) is 3.50. The van der Waals surface area contributed by atoms with E-state index in [0.29, 0.717) is 60.0 Å². The van der Waals surface area contributed by atoms with Crippen LogP contribution < -0.4 is 31.4 Å². The summed E-state index contributed by atoms with van der Waals surface area (Å²) in [6.45, 7) is 0.512. The SMILES string of the molecule is N#Cc1c2n(c(=O)n(CC(=O)NC(=O)Nc3ccc4c(c3)OCCO4)c1=O)CCC2. The Hall–Kier alpha value is -4.07. The molecule has 0 radical (unpaired) electrons. The maximum atomic E-state index is 12.5. The number of aromatic nitrogens is 2. The summed E-state index contributed by atoms with van der Waals surface area (Å²) in [6.07, 6.45) is 1.09. The van der Waals surface area contributed by atoms with Gasteiger partial charge in [0.2, 0.25) is 5.91 Å². The Morgan fingerprint density at radius 1 is 1.17 bits per heavy atom. The molecule has 2 aliphatic heterocycles. The lowest BCUT2D eigenvalue weighted by Crippen LogP contribution is -2.46. The minimum Gasteiger partial charge on any atom is -0.486 e. The minimum absolute atomic E-state index is 0.152. The molecular formula is C19H17N5O6. The van der Waals surface area contributed by atoms with Crippen LogP contribution in [0, 0.1) is 11.3 Å². The number of rotatable bonds is 3. The summed E-state index contributed by atoms with van der Waals surface area (Å²) >= 11 is 0. The van der Waals surface area contributed by atoms with E-state index in [1.807, 2.05) is 6.07 Å². The second-order valence-electron chi connectivity index (χ2n) is 6.72. The van der Waals surface area contributed by atoms with Crippen molar-refractivity contribution < 1.29 is 19.1 Å². The van der Waals surface area contributed by atoms with E-state index in [1.165, 1.54) is 4.57 Å². The Morgan fingerprint density at radius 2 is 1.93 bits per heavy atom. The number of amides is 3. The molecule has 0 atom stereocenters. The number of nitrogens with zero attached hydrogens (tertiary/aromatic N) is 3. The first kappa shape index (κ1) is 19.3. The molecule has 1 aromatic carbocycles. The molecule has 11 nitrogen and oxygen atoms in total. The van der Waals surface area contributed by atoms with Gasteiger partial charge in [0.1, 0.15) is 31.4 Å². The van der Waals surface area contributed by atoms with Gasteiger partial charge in [-0.3, -0.25) is 19.5 Å². The fourth-order valence-electron chi connectivity index (χ4n) is 3.48. The predicted octanol–water partition coefficient (Wildman–Crippen LogP) is -0.0526. The maximum absolute atomic E-state index is 12.5. The molecule has 0 unspecified atom stereocenters. The Bertz CT molecular complexity index is 1210. The molecule has 4 rings (SSSR count). The number of imide groups is 1.